The van der Waals surface area contributed by atoms with Crippen molar-refractivity contribution in [2.75, 3.05) is 0 Å². The van der Waals surface area contributed by atoms with Crippen LogP contribution in [-0.4, -0.2) is 11.9 Å². The number of ether oxygens (including phenoxy) is 1. The average Bonchev–Trinajstić information content (AvgIpc) is 2.33. The summed E-state index contributed by atoms with van der Waals surface area (Å²) in [7, 11) is 0. The molecule has 2 rings (SSSR count). The van der Waals surface area contributed by atoms with E-state index < -0.39 is 0 Å². The Labute approximate surface area is 103 Å². The molecule has 0 aromatic heterocycles. The summed E-state index contributed by atoms with van der Waals surface area (Å²) < 4.78 is 5.93. The topological polar surface area (TPSA) is 26.3 Å². The number of carbonyl (C=O) groups is 1. The van der Waals surface area contributed by atoms with Crippen molar-refractivity contribution in [2.24, 2.45) is 5.92 Å². The lowest BCUT2D eigenvalue weighted by molar-refractivity contribution is 0.101. The maximum absolute atomic E-state index is 11.1. The summed E-state index contributed by atoms with van der Waals surface area (Å²) in [6.07, 6.45) is 5.17. The molecule has 0 radical (unpaired) electrons. The van der Waals surface area contributed by atoms with E-state index in [9.17, 15) is 4.79 Å². The van der Waals surface area contributed by atoms with Crippen molar-refractivity contribution in [1.29, 1.82) is 0 Å². The summed E-state index contributed by atoms with van der Waals surface area (Å²) >= 11 is 0. The molecule has 2 nitrogen and oxygen atoms in total. The van der Waals surface area contributed by atoms with Crippen LogP contribution in [0.2, 0.25) is 0 Å². The molecule has 17 heavy (non-hydrogen) atoms. The van der Waals surface area contributed by atoms with Crippen LogP contribution in [0.4, 0.5) is 0 Å². The van der Waals surface area contributed by atoms with Gasteiger partial charge in [0.1, 0.15) is 5.75 Å². The summed E-state index contributed by atoms with van der Waals surface area (Å²) in [4.78, 5) is 11.1. The first-order valence-corrected chi connectivity index (χ1v) is 6.43. The van der Waals surface area contributed by atoms with Gasteiger partial charge in [-0.05, 0) is 62.8 Å². The molecule has 0 amide bonds. The van der Waals surface area contributed by atoms with Crippen molar-refractivity contribution >= 4 is 5.78 Å². The van der Waals surface area contributed by atoms with Crippen LogP contribution >= 0.6 is 0 Å². The molecule has 0 spiro atoms. The number of rotatable bonds is 3. The van der Waals surface area contributed by atoms with E-state index in [0.717, 1.165) is 30.1 Å². The SMILES string of the molecule is CC(=O)c1ccc(O[C@H]2CC[C@@H](C)CC2)cc1. The van der Waals surface area contributed by atoms with Gasteiger partial charge in [-0.1, -0.05) is 6.92 Å². The van der Waals surface area contributed by atoms with Crippen LogP contribution < -0.4 is 4.74 Å². The van der Waals surface area contributed by atoms with Crippen molar-refractivity contribution in [2.45, 2.75) is 45.6 Å². The van der Waals surface area contributed by atoms with Crippen molar-refractivity contribution in [1.82, 2.24) is 0 Å². The number of Topliss-reactive ketones (excluding diaryl/α,β-unsaturated/α-hetero) is 1. The fraction of sp³-hybridized carbons (Fsp3) is 0.533. The van der Waals surface area contributed by atoms with Gasteiger partial charge in [0.15, 0.2) is 5.78 Å². The quantitative estimate of drug-likeness (QED) is 0.740. The highest BCUT2D eigenvalue weighted by atomic mass is 16.5. The minimum Gasteiger partial charge on any atom is -0.490 e. The van der Waals surface area contributed by atoms with Gasteiger partial charge in [-0.25, -0.2) is 0 Å². The third kappa shape index (κ3) is 3.32. The first-order valence-electron chi connectivity index (χ1n) is 6.43. The molecule has 0 unspecified atom stereocenters. The lowest BCUT2D eigenvalue weighted by atomic mass is 9.89. The fourth-order valence-electron chi connectivity index (χ4n) is 2.31. The number of hydrogen-bond donors (Lipinski definition) is 0. The average molecular weight is 232 g/mol. The van der Waals surface area contributed by atoms with Crippen molar-refractivity contribution in [3.8, 4) is 5.75 Å². The van der Waals surface area contributed by atoms with Gasteiger partial charge in [-0.3, -0.25) is 4.79 Å². The van der Waals surface area contributed by atoms with E-state index in [0.29, 0.717) is 6.10 Å². The molecular weight excluding hydrogens is 212 g/mol. The van der Waals surface area contributed by atoms with E-state index in [1.54, 1.807) is 6.92 Å². The van der Waals surface area contributed by atoms with E-state index in [1.165, 1.54) is 12.8 Å². The van der Waals surface area contributed by atoms with Crippen LogP contribution in [-0.2, 0) is 0 Å². The van der Waals surface area contributed by atoms with Crippen LogP contribution in [0.25, 0.3) is 0 Å². The van der Waals surface area contributed by atoms with Gasteiger partial charge in [0.25, 0.3) is 0 Å². The van der Waals surface area contributed by atoms with Crippen LogP contribution in [0.15, 0.2) is 24.3 Å². The zero-order valence-corrected chi connectivity index (χ0v) is 10.6. The van der Waals surface area contributed by atoms with Crippen molar-refractivity contribution in [3.05, 3.63) is 29.8 Å². The van der Waals surface area contributed by atoms with Gasteiger partial charge < -0.3 is 4.74 Å². The minimum absolute atomic E-state index is 0.100. The van der Waals surface area contributed by atoms with Crippen molar-refractivity contribution < 1.29 is 9.53 Å². The predicted molar refractivity (Wildman–Crippen MR) is 68.5 cm³/mol. The minimum atomic E-state index is 0.100. The summed E-state index contributed by atoms with van der Waals surface area (Å²) in [5, 5.41) is 0. The fourth-order valence-corrected chi connectivity index (χ4v) is 2.31. The van der Waals surface area contributed by atoms with E-state index in [4.69, 9.17) is 4.74 Å². The van der Waals surface area contributed by atoms with Crippen LogP contribution in [0.3, 0.4) is 0 Å². The second-order valence-corrected chi connectivity index (χ2v) is 5.08. The van der Waals surface area contributed by atoms with Gasteiger partial charge in [-0.15, -0.1) is 0 Å². The molecule has 0 aliphatic heterocycles. The molecular formula is C15H20O2. The van der Waals surface area contributed by atoms with Crippen LogP contribution in [0.5, 0.6) is 5.75 Å². The predicted octanol–water partition coefficient (Wildman–Crippen LogP) is 3.85. The number of ketones is 1. The van der Waals surface area contributed by atoms with E-state index in [1.807, 2.05) is 24.3 Å². The standard InChI is InChI=1S/C15H20O2/c1-11-3-7-14(8-4-11)17-15-9-5-13(6-10-15)12(2)16/h5-6,9-11,14H,3-4,7-8H2,1-2H3/t11-,14+. The maximum atomic E-state index is 11.1. The molecule has 0 saturated heterocycles. The molecule has 1 aromatic carbocycles. The Hall–Kier alpha value is -1.31. The highest BCUT2D eigenvalue weighted by Crippen LogP contribution is 2.27. The second kappa shape index (κ2) is 5.35. The van der Waals surface area contributed by atoms with Gasteiger partial charge in [0.05, 0.1) is 6.10 Å². The molecule has 0 heterocycles. The highest BCUT2D eigenvalue weighted by molar-refractivity contribution is 5.94. The zero-order chi connectivity index (χ0) is 12.3. The van der Waals surface area contributed by atoms with Crippen molar-refractivity contribution in [3.63, 3.8) is 0 Å². The molecule has 0 N–H and O–H groups in total. The van der Waals surface area contributed by atoms with E-state index >= 15 is 0 Å². The Morgan fingerprint density at radius 1 is 1.12 bits per heavy atom. The molecule has 2 heteroatoms. The van der Waals surface area contributed by atoms with Gasteiger partial charge in [0, 0.05) is 5.56 Å². The Kier molecular flexibility index (Phi) is 3.82. The lowest BCUT2D eigenvalue weighted by Gasteiger charge is -2.26. The molecule has 1 aliphatic rings. The first-order chi connectivity index (χ1) is 8.15. The van der Waals surface area contributed by atoms with Gasteiger partial charge in [0.2, 0.25) is 0 Å². The summed E-state index contributed by atoms with van der Waals surface area (Å²) in [6, 6.07) is 7.47. The zero-order valence-electron chi connectivity index (χ0n) is 10.6. The molecule has 1 aromatic rings. The summed E-state index contributed by atoms with van der Waals surface area (Å²) in [5.41, 5.74) is 0.745. The molecule has 1 aliphatic carbocycles. The smallest absolute Gasteiger partial charge is 0.159 e. The van der Waals surface area contributed by atoms with Gasteiger partial charge in [-0.2, -0.15) is 0 Å². The van der Waals surface area contributed by atoms with E-state index in [-0.39, 0.29) is 5.78 Å². The van der Waals surface area contributed by atoms with Crippen LogP contribution in [0, 0.1) is 5.92 Å². The Morgan fingerprint density at radius 3 is 2.24 bits per heavy atom. The molecule has 1 fully saturated rings. The molecule has 1 saturated carbocycles. The lowest BCUT2D eigenvalue weighted by Crippen LogP contribution is -2.22. The number of carbonyl (C=O) groups excluding carboxylic acids is 1. The third-order valence-corrected chi connectivity index (χ3v) is 3.53. The van der Waals surface area contributed by atoms with E-state index in [2.05, 4.69) is 6.92 Å². The molecule has 0 bridgehead atoms. The number of benzene rings is 1. The second-order valence-electron chi connectivity index (χ2n) is 5.08. The largest absolute Gasteiger partial charge is 0.490 e. The molecule has 0 atom stereocenters. The monoisotopic (exact) mass is 232 g/mol. The summed E-state index contributed by atoms with van der Waals surface area (Å²) in [5.74, 6) is 1.83. The normalized spacial score (nSPS) is 24.4. The maximum Gasteiger partial charge on any atom is 0.159 e. The molecule has 92 valence electrons. The third-order valence-electron chi connectivity index (χ3n) is 3.53. The Morgan fingerprint density at radius 2 is 1.71 bits per heavy atom. The summed E-state index contributed by atoms with van der Waals surface area (Å²) in [6.45, 7) is 3.89. The highest BCUT2D eigenvalue weighted by Gasteiger charge is 2.19. The van der Waals surface area contributed by atoms with Gasteiger partial charge >= 0.3 is 0 Å². The number of hydrogen-bond acceptors (Lipinski definition) is 2. The Bertz CT molecular complexity index is 372. The Balaban J connectivity index is 1.92. The first kappa shape index (κ1) is 12.2. The van der Waals surface area contributed by atoms with Crippen LogP contribution in [0.1, 0.15) is 49.9 Å².